The zero-order valence-electron chi connectivity index (χ0n) is 11.6. The lowest BCUT2D eigenvalue weighted by Crippen LogP contribution is -2.18. The van der Waals surface area contributed by atoms with E-state index >= 15 is 0 Å². The molecule has 1 heterocycles. The first-order valence-electron chi connectivity index (χ1n) is 6.39. The van der Waals surface area contributed by atoms with Gasteiger partial charge in [0.25, 0.3) is 12.0 Å². The van der Waals surface area contributed by atoms with Gasteiger partial charge in [-0.2, -0.15) is 0 Å². The summed E-state index contributed by atoms with van der Waals surface area (Å²) in [4.78, 5) is 19.0. The predicted molar refractivity (Wildman–Crippen MR) is 74.1 cm³/mol. The standard InChI is InChI=1S/C15H16F2N2O/c1-8(2)12-9(3)18-14(19-15(12)20)11-6-4-5-10(7-11)13(16)17/h4-8,13H,1-3H3,(H,18,19,20). The molecule has 0 saturated heterocycles. The van der Waals surface area contributed by atoms with E-state index in [0.29, 0.717) is 22.6 Å². The number of aromatic nitrogens is 2. The lowest BCUT2D eigenvalue weighted by atomic mass is 10.0. The Bertz CT molecular complexity index is 678. The summed E-state index contributed by atoms with van der Waals surface area (Å²) < 4.78 is 25.4. The van der Waals surface area contributed by atoms with Crippen molar-refractivity contribution in [3.05, 3.63) is 51.4 Å². The van der Waals surface area contributed by atoms with Crippen molar-refractivity contribution in [3.63, 3.8) is 0 Å². The first-order valence-corrected chi connectivity index (χ1v) is 6.39. The van der Waals surface area contributed by atoms with E-state index in [0.717, 1.165) is 0 Å². The zero-order valence-corrected chi connectivity index (χ0v) is 11.6. The van der Waals surface area contributed by atoms with Crippen LogP contribution in [0.15, 0.2) is 29.1 Å². The van der Waals surface area contributed by atoms with Crippen LogP contribution in [0.2, 0.25) is 0 Å². The molecule has 0 aliphatic carbocycles. The molecule has 0 spiro atoms. The van der Waals surface area contributed by atoms with Crippen LogP contribution in [0.3, 0.4) is 0 Å². The maximum Gasteiger partial charge on any atom is 0.263 e. The summed E-state index contributed by atoms with van der Waals surface area (Å²) >= 11 is 0. The summed E-state index contributed by atoms with van der Waals surface area (Å²) in [5, 5.41) is 0. The number of aryl methyl sites for hydroxylation is 1. The Morgan fingerprint density at radius 3 is 2.50 bits per heavy atom. The third-order valence-corrected chi connectivity index (χ3v) is 3.14. The summed E-state index contributed by atoms with van der Waals surface area (Å²) in [5.74, 6) is 0.382. The number of aromatic amines is 1. The highest BCUT2D eigenvalue weighted by Gasteiger charge is 2.14. The summed E-state index contributed by atoms with van der Waals surface area (Å²) in [5.41, 5.74) is 1.43. The minimum Gasteiger partial charge on any atom is -0.306 e. The highest BCUT2D eigenvalue weighted by Crippen LogP contribution is 2.24. The third-order valence-electron chi connectivity index (χ3n) is 3.14. The van der Waals surface area contributed by atoms with Gasteiger partial charge < -0.3 is 4.98 Å². The van der Waals surface area contributed by atoms with Crippen LogP contribution in [-0.2, 0) is 0 Å². The summed E-state index contributed by atoms with van der Waals surface area (Å²) in [6.45, 7) is 5.58. The van der Waals surface area contributed by atoms with Gasteiger partial charge in [0.2, 0.25) is 0 Å². The second-order valence-electron chi connectivity index (χ2n) is 4.99. The number of hydrogen-bond acceptors (Lipinski definition) is 2. The molecule has 0 fully saturated rings. The van der Waals surface area contributed by atoms with Gasteiger partial charge in [0.15, 0.2) is 0 Å². The van der Waals surface area contributed by atoms with Crippen molar-refractivity contribution in [3.8, 4) is 11.4 Å². The van der Waals surface area contributed by atoms with E-state index in [4.69, 9.17) is 0 Å². The topological polar surface area (TPSA) is 45.8 Å². The SMILES string of the molecule is Cc1nc(-c2cccc(C(F)F)c2)[nH]c(=O)c1C(C)C. The van der Waals surface area contributed by atoms with Gasteiger partial charge in [0.1, 0.15) is 5.82 Å². The molecule has 0 aliphatic heterocycles. The number of benzene rings is 1. The monoisotopic (exact) mass is 278 g/mol. The predicted octanol–water partition coefficient (Wildman–Crippen LogP) is 3.81. The molecule has 1 aromatic carbocycles. The number of nitrogens with one attached hydrogen (secondary N) is 1. The van der Waals surface area contributed by atoms with Gasteiger partial charge in [-0.05, 0) is 18.9 Å². The number of halogens is 2. The molecule has 3 nitrogen and oxygen atoms in total. The molecule has 2 rings (SSSR count). The Kier molecular flexibility index (Phi) is 3.97. The fourth-order valence-corrected chi connectivity index (χ4v) is 2.23. The van der Waals surface area contributed by atoms with Crippen LogP contribution in [0.25, 0.3) is 11.4 Å². The van der Waals surface area contributed by atoms with E-state index < -0.39 is 6.43 Å². The lowest BCUT2D eigenvalue weighted by Gasteiger charge is -2.10. The maximum absolute atomic E-state index is 12.7. The normalized spacial score (nSPS) is 11.3. The Balaban J connectivity index is 2.54. The van der Waals surface area contributed by atoms with Crippen LogP contribution >= 0.6 is 0 Å². The second-order valence-corrected chi connectivity index (χ2v) is 4.99. The van der Waals surface area contributed by atoms with Gasteiger partial charge in [-0.15, -0.1) is 0 Å². The van der Waals surface area contributed by atoms with E-state index in [9.17, 15) is 13.6 Å². The van der Waals surface area contributed by atoms with E-state index in [1.807, 2.05) is 13.8 Å². The molecule has 0 radical (unpaired) electrons. The lowest BCUT2D eigenvalue weighted by molar-refractivity contribution is 0.151. The van der Waals surface area contributed by atoms with Crippen molar-refractivity contribution in [2.75, 3.05) is 0 Å². The first-order chi connectivity index (χ1) is 9.40. The number of hydrogen-bond donors (Lipinski definition) is 1. The summed E-state index contributed by atoms with van der Waals surface area (Å²) in [7, 11) is 0. The molecule has 0 aliphatic rings. The maximum atomic E-state index is 12.7. The van der Waals surface area contributed by atoms with E-state index in [-0.39, 0.29) is 17.0 Å². The van der Waals surface area contributed by atoms with Crippen molar-refractivity contribution in [1.82, 2.24) is 9.97 Å². The quantitative estimate of drug-likeness (QED) is 0.928. The van der Waals surface area contributed by atoms with Gasteiger partial charge in [0, 0.05) is 22.4 Å². The molecule has 0 unspecified atom stereocenters. The van der Waals surface area contributed by atoms with Gasteiger partial charge in [-0.25, -0.2) is 13.8 Å². The van der Waals surface area contributed by atoms with Gasteiger partial charge in [-0.1, -0.05) is 32.0 Å². The van der Waals surface area contributed by atoms with Crippen LogP contribution < -0.4 is 5.56 Å². The Labute approximate surface area is 115 Å². The van der Waals surface area contributed by atoms with Crippen molar-refractivity contribution in [2.45, 2.75) is 33.1 Å². The summed E-state index contributed by atoms with van der Waals surface area (Å²) in [6, 6.07) is 5.88. The molecule has 20 heavy (non-hydrogen) atoms. The van der Waals surface area contributed by atoms with E-state index in [1.54, 1.807) is 13.0 Å². The number of alkyl halides is 2. The fourth-order valence-electron chi connectivity index (χ4n) is 2.23. The van der Waals surface area contributed by atoms with Crippen molar-refractivity contribution in [1.29, 1.82) is 0 Å². The molecule has 0 bridgehead atoms. The second kappa shape index (κ2) is 5.53. The van der Waals surface area contributed by atoms with E-state index in [1.165, 1.54) is 18.2 Å². The summed E-state index contributed by atoms with van der Waals surface area (Å²) in [6.07, 6.45) is -2.54. The van der Waals surface area contributed by atoms with Crippen LogP contribution in [0.5, 0.6) is 0 Å². The highest BCUT2D eigenvalue weighted by molar-refractivity contribution is 5.56. The largest absolute Gasteiger partial charge is 0.306 e. The van der Waals surface area contributed by atoms with Gasteiger partial charge >= 0.3 is 0 Å². The molecule has 0 saturated carbocycles. The number of rotatable bonds is 3. The molecule has 106 valence electrons. The Morgan fingerprint density at radius 2 is 1.95 bits per heavy atom. The molecule has 1 aromatic heterocycles. The highest BCUT2D eigenvalue weighted by atomic mass is 19.3. The molecule has 5 heteroatoms. The van der Waals surface area contributed by atoms with Crippen LogP contribution in [0.4, 0.5) is 8.78 Å². The van der Waals surface area contributed by atoms with Crippen molar-refractivity contribution in [2.24, 2.45) is 0 Å². The molecular weight excluding hydrogens is 262 g/mol. The fraction of sp³-hybridized carbons (Fsp3) is 0.333. The van der Waals surface area contributed by atoms with Crippen LogP contribution in [-0.4, -0.2) is 9.97 Å². The molecule has 0 amide bonds. The minimum absolute atomic E-state index is 0.0627. The van der Waals surface area contributed by atoms with Crippen LogP contribution in [0.1, 0.15) is 43.0 Å². The third kappa shape index (κ3) is 2.76. The molecule has 0 atom stereocenters. The Hall–Kier alpha value is -2.04. The zero-order chi connectivity index (χ0) is 14.9. The van der Waals surface area contributed by atoms with Gasteiger partial charge in [-0.3, -0.25) is 4.79 Å². The van der Waals surface area contributed by atoms with E-state index in [2.05, 4.69) is 9.97 Å². The number of H-pyrrole nitrogens is 1. The average molecular weight is 278 g/mol. The average Bonchev–Trinajstić information content (AvgIpc) is 2.37. The van der Waals surface area contributed by atoms with Crippen molar-refractivity contribution >= 4 is 0 Å². The molecule has 1 N–H and O–H groups in total. The van der Waals surface area contributed by atoms with Crippen LogP contribution in [0, 0.1) is 6.92 Å². The first kappa shape index (κ1) is 14.4. The number of nitrogens with zero attached hydrogens (tertiary/aromatic N) is 1. The van der Waals surface area contributed by atoms with Crippen molar-refractivity contribution < 1.29 is 8.78 Å². The minimum atomic E-state index is -2.54. The smallest absolute Gasteiger partial charge is 0.263 e. The Morgan fingerprint density at radius 1 is 1.25 bits per heavy atom. The van der Waals surface area contributed by atoms with Gasteiger partial charge in [0.05, 0.1) is 0 Å². The molecular formula is C15H16F2N2O. The molecule has 2 aromatic rings.